The van der Waals surface area contributed by atoms with Crippen LogP contribution in [0.4, 0.5) is 0 Å². The Morgan fingerprint density at radius 2 is 2.00 bits per heavy atom. The van der Waals surface area contributed by atoms with Crippen LogP contribution in [0.15, 0.2) is 40.9 Å². The number of hydrogen-bond donors (Lipinski definition) is 1. The van der Waals surface area contributed by atoms with Crippen LogP contribution in [-0.4, -0.2) is 36.2 Å². The average molecular weight is 271 g/mol. The van der Waals surface area contributed by atoms with Gasteiger partial charge in [0.15, 0.2) is 5.76 Å². The Kier molecular flexibility index (Phi) is 4.14. The van der Waals surface area contributed by atoms with Gasteiger partial charge in [-0.3, -0.25) is 4.90 Å². The zero-order chi connectivity index (χ0) is 13.8. The van der Waals surface area contributed by atoms with E-state index in [4.69, 9.17) is 4.52 Å². The fourth-order valence-electron chi connectivity index (χ4n) is 2.76. The van der Waals surface area contributed by atoms with Crippen molar-refractivity contribution in [3.05, 3.63) is 42.1 Å². The first kappa shape index (κ1) is 13.3. The van der Waals surface area contributed by atoms with E-state index in [1.807, 2.05) is 36.4 Å². The molecule has 0 saturated carbocycles. The molecule has 1 aliphatic heterocycles. The molecule has 0 amide bonds. The van der Waals surface area contributed by atoms with Crippen LogP contribution in [-0.2, 0) is 6.54 Å². The summed E-state index contributed by atoms with van der Waals surface area (Å²) in [7, 11) is 2.17. The summed E-state index contributed by atoms with van der Waals surface area (Å²) in [4.78, 5) is 2.38. The molecule has 1 aliphatic rings. The molecule has 1 aromatic heterocycles. The van der Waals surface area contributed by atoms with Crippen molar-refractivity contribution in [1.29, 1.82) is 0 Å². The Morgan fingerprint density at radius 1 is 1.25 bits per heavy atom. The minimum atomic E-state index is 0.646. The Balaban J connectivity index is 1.65. The van der Waals surface area contributed by atoms with Gasteiger partial charge in [-0.05, 0) is 33.0 Å². The molecule has 20 heavy (non-hydrogen) atoms. The van der Waals surface area contributed by atoms with Crippen molar-refractivity contribution in [3.8, 4) is 11.3 Å². The highest BCUT2D eigenvalue weighted by molar-refractivity contribution is 5.56. The SMILES string of the molecule is CN(Cc1cc(-c2ccccc2)on1)C1CCNCC1. The Bertz CT molecular complexity index is 532. The van der Waals surface area contributed by atoms with E-state index in [9.17, 15) is 0 Å². The molecule has 0 aliphatic carbocycles. The van der Waals surface area contributed by atoms with Gasteiger partial charge in [0.25, 0.3) is 0 Å². The zero-order valence-corrected chi connectivity index (χ0v) is 11.9. The van der Waals surface area contributed by atoms with Gasteiger partial charge in [0.1, 0.15) is 0 Å². The molecule has 0 unspecified atom stereocenters. The second-order valence-electron chi connectivity index (χ2n) is 5.44. The molecular weight excluding hydrogens is 250 g/mol. The maximum atomic E-state index is 5.45. The van der Waals surface area contributed by atoms with E-state index in [-0.39, 0.29) is 0 Å². The van der Waals surface area contributed by atoms with Gasteiger partial charge >= 0.3 is 0 Å². The van der Waals surface area contributed by atoms with Crippen LogP contribution in [0.3, 0.4) is 0 Å². The molecule has 106 valence electrons. The fraction of sp³-hybridized carbons (Fsp3) is 0.438. The third-order valence-corrected chi connectivity index (χ3v) is 3.96. The standard InChI is InChI=1S/C16H21N3O/c1-19(15-7-9-17-10-8-15)12-14-11-16(20-18-14)13-5-3-2-4-6-13/h2-6,11,15,17H,7-10,12H2,1H3. The molecule has 1 fully saturated rings. The predicted octanol–water partition coefficient (Wildman–Crippen LogP) is 2.53. The molecule has 0 bridgehead atoms. The topological polar surface area (TPSA) is 41.3 Å². The summed E-state index contributed by atoms with van der Waals surface area (Å²) < 4.78 is 5.45. The lowest BCUT2D eigenvalue weighted by Gasteiger charge is -2.30. The third-order valence-electron chi connectivity index (χ3n) is 3.96. The van der Waals surface area contributed by atoms with Crippen LogP contribution in [0.2, 0.25) is 0 Å². The first-order valence-electron chi connectivity index (χ1n) is 7.25. The van der Waals surface area contributed by atoms with E-state index >= 15 is 0 Å². The normalized spacial score (nSPS) is 16.7. The first-order valence-corrected chi connectivity index (χ1v) is 7.25. The molecule has 3 rings (SSSR count). The monoisotopic (exact) mass is 271 g/mol. The minimum Gasteiger partial charge on any atom is -0.356 e. The van der Waals surface area contributed by atoms with Gasteiger partial charge in [-0.25, -0.2) is 0 Å². The molecule has 0 atom stereocenters. The number of benzene rings is 1. The van der Waals surface area contributed by atoms with E-state index in [0.717, 1.165) is 36.7 Å². The number of hydrogen-bond acceptors (Lipinski definition) is 4. The maximum Gasteiger partial charge on any atom is 0.167 e. The van der Waals surface area contributed by atoms with E-state index in [2.05, 4.69) is 22.4 Å². The number of piperidine rings is 1. The number of rotatable bonds is 4. The summed E-state index contributed by atoms with van der Waals surface area (Å²) in [5.41, 5.74) is 2.08. The maximum absolute atomic E-state index is 5.45. The lowest BCUT2D eigenvalue weighted by molar-refractivity contribution is 0.187. The summed E-state index contributed by atoms with van der Waals surface area (Å²) >= 11 is 0. The van der Waals surface area contributed by atoms with E-state index in [1.54, 1.807) is 0 Å². The second-order valence-corrected chi connectivity index (χ2v) is 5.44. The van der Waals surface area contributed by atoms with Crippen LogP contribution >= 0.6 is 0 Å². The highest BCUT2D eigenvalue weighted by atomic mass is 16.5. The minimum absolute atomic E-state index is 0.646. The number of aromatic nitrogens is 1. The van der Waals surface area contributed by atoms with Crippen molar-refractivity contribution in [2.45, 2.75) is 25.4 Å². The van der Waals surface area contributed by atoms with Crippen LogP contribution in [0.5, 0.6) is 0 Å². The van der Waals surface area contributed by atoms with Gasteiger partial charge in [0.05, 0.1) is 5.69 Å². The summed E-state index contributed by atoms with van der Waals surface area (Å²) in [6, 6.07) is 12.8. The Labute approximate surface area is 119 Å². The molecular formula is C16H21N3O. The van der Waals surface area contributed by atoms with E-state index < -0.39 is 0 Å². The fourth-order valence-corrected chi connectivity index (χ4v) is 2.76. The number of nitrogens with zero attached hydrogens (tertiary/aromatic N) is 2. The summed E-state index contributed by atoms with van der Waals surface area (Å²) in [5, 5.41) is 7.59. The highest BCUT2D eigenvalue weighted by Crippen LogP contribution is 2.21. The molecule has 0 radical (unpaired) electrons. The largest absolute Gasteiger partial charge is 0.356 e. The van der Waals surface area contributed by atoms with Gasteiger partial charge in [-0.1, -0.05) is 35.5 Å². The smallest absolute Gasteiger partial charge is 0.167 e. The molecule has 2 heterocycles. The lowest BCUT2D eigenvalue weighted by atomic mass is 10.1. The average Bonchev–Trinajstić information content (AvgIpc) is 2.97. The molecule has 4 nitrogen and oxygen atoms in total. The zero-order valence-electron chi connectivity index (χ0n) is 11.9. The quantitative estimate of drug-likeness (QED) is 0.928. The summed E-state index contributed by atoms with van der Waals surface area (Å²) in [5.74, 6) is 0.847. The second kappa shape index (κ2) is 6.20. The van der Waals surface area contributed by atoms with Crippen molar-refractivity contribution in [3.63, 3.8) is 0 Å². The van der Waals surface area contributed by atoms with Crippen molar-refractivity contribution >= 4 is 0 Å². The Morgan fingerprint density at radius 3 is 2.75 bits per heavy atom. The van der Waals surface area contributed by atoms with Gasteiger partial charge in [0, 0.05) is 24.2 Å². The molecule has 1 aromatic carbocycles. The van der Waals surface area contributed by atoms with E-state index in [1.165, 1.54) is 12.8 Å². The van der Waals surface area contributed by atoms with Crippen molar-refractivity contribution < 1.29 is 4.52 Å². The van der Waals surface area contributed by atoms with Gasteiger partial charge < -0.3 is 9.84 Å². The molecule has 4 heteroatoms. The van der Waals surface area contributed by atoms with Gasteiger partial charge in [-0.15, -0.1) is 0 Å². The Hall–Kier alpha value is -1.65. The molecule has 1 N–H and O–H groups in total. The van der Waals surface area contributed by atoms with Crippen LogP contribution in [0.25, 0.3) is 11.3 Å². The third kappa shape index (κ3) is 3.08. The first-order chi connectivity index (χ1) is 9.83. The lowest BCUT2D eigenvalue weighted by Crippen LogP contribution is -2.40. The summed E-state index contributed by atoms with van der Waals surface area (Å²) in [6.45, 7) is 3.08. The predicted molar refractivity (Wildman–Crippen MR) is 79.3 cm³/mol. The van der Waals surface area contributed by atoms with Crippen molar-refractivity contribution in [1.82, 2.24) is 15.4 Å². The van der Waals surface area contributed by atoms with Gasteiger partial charge in [0.2, 0.25) is 0 Å². The van der Waals surface area contributed by atoms with E-state index in [0.29, 0.717) is 6.04 Å². The number of nitrogens with one attached hydrogen (secondary N) is 1. The molecule has 0 spiro atoms. The van der Waals surface area contributed by atoms with Crippen molar-refractivity contribution in [2.75, 3.05) is 20.1 Å². The highest BCUT2D eigenvalue weighted by Gasteiger charge is 2.19. The summed E-state index contributed by atoms with van der Waals surface area (Å²) in [6.07, 6.45) is 2.42. The van der Waals surface area contributed by atoms with Crippen molar-refractivity contribution in [2.24, 2.45) is 0 Å². The molecule has 2 aromatic rings. The molecule has 1 saturated heterocycles. The van der Waals surface area contributed by atoms with Crippen LogP contribution < -0.4 is 5.32 Å². The van der Waals surface area contributed by atoms with Crippen LogP contribution in [0.1, 0.15) is 18.5 Å². The van der Waals surface area contributed by atoms with Crippen LogP contribution in [0, 0.1) is 0 Å². The van der Waals surface area contributed by atoms with Gasteiger partial charge in [-0.2, -0.15) is 0 Å².